The number of nitrogen functional groups attached to an aromatic ring is 2. The Morgan fingerprint density at radius 3 is 2.55 bits per heavy atom. The molecule has 10 nitrogen and oxygen atoms in total. The molecule has 2 aromatic carbocycles. The van der Waals surface area contributed by atoms with Crippen LogP contribution in [-0.4, -0.2) is 22.5 Å². The van der Waals surface area contributed by atoms with Crippen molar-refractivity contribution in [3.05, 3.63) is 76.0 Å². The molecule has 0 saturated heterocycles. The van der Waals surface area contributed by atoms with Gasteiger partial charge in [-0.15, -0.1) is 0 Å². The summed E-state index contributed by atoms with van der Waals surface area (Å²) in [5.41, 5.74) is 11.9. The summed E-state index contributed by atoms with van der Waals surface area (Å²) in [4.78, 5) is 14.6. The van der Waals surface area contributed by atoms with Crippen molar-refractivity contribution in [3.8, 4) is 11.1 Å². The van der Waals surface area contributed by atoms with E-state index in [2.05, 4.69) is 21.9 Å². The van der Waals surface area contributed by atoms with Crippen LogP contribution in [0.4, 0.5) is 31.7 Å². The van der Waals surface area contributed by atoms with Crippen LogP contribution in [0.2, 0.25) is 0 Å². The first-order valence-electron chi connectivity index (χ1n) is 8.57. The molecule has 0 amide bonds. The van der Waals surface area contributed by atoms with Gasteiger partial charge in [0.15, 0.2) is 17.5 Å². The summed E-state index contributed by atoms with van der Waals surface area (Å²) < 4.78 is 28.0. The Bertz CT molecular complexity index is 1220. The van der Waals surface area contributed by atoms with Crippen molar-refractivity contribution < 1.29 is 13.7 Å². The molecule has 0 radical (unpaired) electrons. The van der Waals surface area contributed by atoms with Gasteiger partial charge < -0.3 is 17.3 Å². The lowest BCUT2D eigenvalue weighted by Crippen LogP contribution is -2.29. The summed E-state index contributed by atoms with van der Waals surface area (Å²) in [7, 11) is 0. The number of nitrogens with two attached hydrogens (primary N) is 3. The second kappa shape index (κ2) is 8.41. The third-order valence-corrected chi connectivity index (χ3v) is 4.34. The number of aromatic nitrogens is 1. The molecular formula is C19H16F2N8O2. The number of halogens is 2. The molecule has 158 valence electrons. The summed E-state index contributed by atoms with van der Waals surface area (Å²) in [6, 6.07) is 9.11. The van der Waals surface area contributed by atoms with E-state index in [9.17, 15) is 18.9 Å². The van der Waals surface area contributed by atoms with E-state index in [1.165, 1.54) is 36.5 Å². The quantitative estimate of drug-likeness (QED) is 0.141. The van der Waals surface area contributed by atoms with E-state index in [1.54, 1.807) is 6.07 Å². The lowest BCUT2D eigenvalue weighted by atomic mass is 10.0. The van der Waals surface area contributed by atoms with Crippen molar-refractivity contribution in [3.63, 3.8) is 0 Å². The topological polar surface area (TPSA) is 162 Å². The number of pyridine rings is 1. The minimum absolute atomic E-state index is 0.00907. The molecule has 0 aliphatic carbocycles. The van der Waals surface area contributed by atoms with Crippen molar-refractivity contribution >= 4 is 35.4 Å². The number of nitro benzene ring substituents is 1. The van der Waals surface area contributed by atoms with E-state index in [1.807, 2.05) is 0 Å². The highest BCUT2D eigenvalue weighted by molar-refractivity contribution is 6.12. The molecule has 1 heterocycles. The largest absolute Gasteiger partial charge is 0.393 e. The number of hydrogen-bond donors (Lipinski definition) is 3. The summed E-state index contributed by atoms with van der Waals surface area (Å²) in [5, 5.41) is 19.3. The second-order valence-corrected chi connectivity index (χ2v) is 6.17. The van der Waals surface area contributed by atoms with Crippen LogP contribution in [0.5, 0.6) is 0 Å². The maximum atomic E-state index is 14.3. The molecule has 0 unspecified atom stereocenters. The van der Waals surface area contributed by atoms with Gasteiger partial charge in [0.25, 0.3) is 5.69 Å². The molecule has 0 fully saturated rings. The van der Waals surface area contributed by atoms with Gasteiger partial charge in [0, 0.05) is 24.5 Å². The minimum atomic E-state index is -1.20. The van der Waals surface area contributed by atoms with Crippen LogP contribution < -0.4 is 22.3 Å². The number of amidine groups is 1. The lowest BCUT2D eigenvalue weighted by molar-refractivity contribution is -0.383. The molecule has 0 spiro atoms. The summed E-state index contributed by atoms with van der Waals surface area (Å²) >= 11 is 0. The third kappa shape index (κ3) is 3.94. The van der Waals surface area contributed by atoms with Gasteiger partial charge in [-0.1, -0.05) is 12.1 Å². The smallest absolute Gasteiger partial charge is 0.292 e. The van der Waals surface area contributed by atoms with Crippen molar-refractivity contribution in [1.82, 2.24) is 4.98 Å². The van der Waals surface area contributed by atoms with Gasteiger partial charge >= 0.3 is 0 Å². The molecule has 0 bridgehead atoms. The van der Waals surface area contributed by atoms with Crippen molar-refractivity contribution in [2.75, 3.05) is 16.5 Å². The summed E-state index contributed by atoms with van der Waals surface area (Å²) in [5.74, 6) is 2.95. The average Bonchev–Trinajstić information content (AvgIpc) is 2.75. The molecule has 0 atom stereocenters. The Labute approximate surface area is 174 Å². The Balaban J connectivity index is 2.14. The monoisotopic (exact) mass is 426 g/mol. The van der Waals surface area contributed by atoms with Gasteiger partial charge in [0.05, 0.1) is 10.5 Å². The van der Waals surface area contributed by atoms with E-state index in [-0.39, 0.29) is 34.3 Å². The summed E-state index contributed by atoms with van der Waals surface area (Å²) in [6.07, 6.45) is 1.37. The zero-order valence-corrected chi connectivity index (χ0v) is 15.9. The fourth-order valence-electron chi connectivity index (χ4n) is 2.85. The van der Waals surface area contributed by atoms with E-state index in [4.69, 9.17) is 17.3 Å². The van der Waals surface area contributed by atoms with E-state index >= 15 is 0 Å². The Hall–Kier alpha value is -4.61. The Morgan fingerprint density at radius 1 is 1.16 bits per heavy atom. The predicted octanol–water partition coefficient (Wildman–Crippen LogP) is 2.84. The molecule has 3 rings (SSSR count). The molecule has 0 aliphatic heterocycles. The fourth-order valence-corrected chi connectivity index (χ4v) is 2.85. The zero-order valence-electron chi connectivity index (χ0n) is 15.9. The van der Waals surface area contributed by atoms with E-state index in [0.717, 1.165) is 11.1 Å². The highest BCUT2D eigenvalue weighted by atomic mass is 19.2. The van der Waals surface area contributed by atoms with E-state index < -0.39 is 16.6 Å². The van der Waals surface area contributed by atoms with Crippen LogP contribution in [0.25, 0.3) is 11.1 Å². The van der Waals surface area contributed by atoms with E-state index in [0.29, 0.717) is 11.1 Å². The van der Waals surface area contributed by atoms with Crippen molar-refractivity contribution in [2.45, 2.75) is 0 Å². The minimum Gasteiger partial charge on any atom is -0.393 e. The Kier molecular flexibility index (Phi) is 5.72. The fraction of sp³-hybridized carbons (Fsp3) is 0. The highest BCUT2D eigenvalue weighted by Gasteiger charge is 2.23. The third-order valence-electron chi connectivity index (χ3n) is 4.34. The molecule has 0 saturated carbocycles. The molecule has 1 aromatic heterocycles. The summed E-state index contributed by atoms with van der Waals surface area (Å²) in [6.45, 7) is 3.35. The number of nitro groups is 1. The number of hydrogen-bond acceptors (Lipinski definition) is 8. The van der Waals surface area contributed by atoms with Crippen LogP contribution in [0.1, 0.15) is 5.56 Å². The molecule has 12 heteroatoms. The molecule has 3 aromatic rings. The molecule has 31 heavy (non-hydrogen) atoms. The second-order valence-electron chi connectivity index (χ2n) is 6.17. The Morgan fingerprint density at radius 2 is 1.90 bits per heavy atom. The van der Waals surface area contributed by atoms with Gasteiger partial charge in [-0.05, 0) is 29.8 Å². The first-order chi connectivity index (χ1) is 14.8. The van der Waals surface area contributed by atoms with Crippen LogP contribution in [0.15, 0.2) is 58.9 Å². The normalized spacial score (nSPS) is 11.2. The number of hydrazone groups is 2. The van der Waals surface area contributed by atoms with Crippen LogP contribution >= 0.6 is 0 Å². The first-order valence-corrected chi connectivity index (χ1v) is 8.57. The molecular weight excluding hydrogens is 410 g/mol. The maximum absolute atomic E-state index is 14.3. The van der Waals surface area contributed by atoms with Gasteiger partial charge in [-0.2, -0.15) is 10.2 Å². The SMILES string of the molecule is C=NN(/C(=N\N)c1cc(-c2ccc(N)c([N+](=O)[O-])c2)cnc1N)c1cccc(F)c1F. The van der Waals surface area contributed by atoms with Crippen molar-refractivity contribution in [2.24, 2.45) is 16.0 Å². The lowest BCUT2D eigenvalue weighted by Gasteiger charge is -2.21. The predicted molar refractivity (Wildman–Crippen MR) is 114 cm³/mol. The number of nitrogens with zero attached hydrogens (tertiary/aromatic N) is 5. The van der Waals surface area contributed by atoms with Gasteiger partial charge in [0.1, 0.15) is 17.2 Å². The number of rotatable bonds is 5. The average molecular weight is 426 g/mol. The highest BCUT2D eigenvalue weighted by Crippen LogP contribution is 2.31. The van der Waals surface area contributed by atoms with Crippen LogP contribution in [0, 0.1) is 21.7 Å². The first kappa shape index (κ1) is 21.1. The molecule has 0 aliphatic rings. The van der Waals surface area contributed by atoms with Gasteiger partial charge in [-0.3, -0.25) is 10.1 Å². The number of anilines is 3. The standard InChI is InChI=1S/C19H16F2N8O2/c1-25-28(15-4-2-3-13(20)17(15)21)19(27-24)12-7-11(9-26-18(12)23)10-5-6-14(22)16(8-10)29(30)31/h2-9H,1,22,24H2,(H2,23,26)/b27-19-. The number of benzene rings is 2. The molecule has 6 N–H and O–H groups in total. The van der Waals surface area contributed by atoms with Gasteiger partial charge in [0.2, 0.25) is 0 Å². The van der Waals surface area contributed by atoms with Crippen LogP contribution in [0.3, 0.4) is 0 Å². The maximum Gasteiger partial charge on any atom is 0.292 e. The van der Waals surface area contributed by atoms with Crippen LogP contribution in [-0.2, 0) is 0 Å². The zero-order chi connectivity index (χ0) is 22.7. The van der Waals surface area contributed by atoms with Gasteiger partial charge in [-0.25, -0.2) is 18.8 Å². The van der Waals surface area contributed by atoms with Crippen molar-refractivity contribution in [1.29, 1.82) is 0 Å².